The lowest BCUT2D eigenvalue weighted by atomic mass is 10.0. The minimum atomic E-state index is -0.0684. The Hall–Kier alpha value is -2.84. The molecule has 1 saturated heterocycles. The van der Waals surface area contributed by atoms with Crippen LogP contribution in [0.15, 0.2) is 48.5 Å². The van der Waals surface area contributed by atoms with Crippen molar-refractivity contribution in [3.05, 3.63) is 54.1 Å². The first-order chi connectivity index (χ1) is 13.2. The number of benzene rings is 2. The van der Waals surface area contributed by atoms with Gasteiger partial charge >= 0.3 is 0 Å². The summed E-state index contributed by atoms with van der Waals surface area (Å²) in [6.45, 7) is 5.35. The summed E-state index contributed by atoms with van der Waals surface area (Å²) < 4.78 is 5.61. The van der Waals surface area contributed by atoms with Crippen LogP contribution < -0.4 is 10.1 Å². The molecular weight excluding hydrogens is 338 g/mol. The predicted molar refractivity (Wildman–Crippen MR) is 105 cm³/mol. The highest BCUT2D eigenvalue weighted by Gasteiger charge is 2.19. The van der Waals surface area contributed by atoms with Gasteiger partial charge in [0.05, 0.1) is 11.6 Å². The van der Waals surface area contributed by atoms with E-state index in [2.05, 4.69) is 23.2 Å². The van der Waals surface area contributed by atoms with Gasteiger partial charge in [-0.05, 0) is 54.8 Å². The molecule has 0 aromatic heterocycles. The third-order valence-corrected chi connectivity index (χ3v) is 4.97. The van der Waals surface area contributed by atoms with Crippen LogP contribution in [0.1, 0.15) is 25.3 Å². The molecule has 0 saturated carbocycles. The van der Waals surface area contributed by atoms with Gasteiger partial charge in [-0.3, -0.25) is 4.79 Å². The van der Waals surface area contributed by atoms with Gasteiger partial charge in [0.1, 0.15) is 5.75 Å². The minimum absolute atomic E-state index is 0.0319. The molecule has 0 unspecified atom stereocenters. The summed E-state index contributed by atoms with van der Waals surface area (Å²) in [6, 6.07) is 17.4. The van der Waals surface area contributed by atoms with Gasteiger partial charge in [-0.1, -0.05) is 31.2 Å². The third kappa shape index (κ3) is 5.32. The summed E-state index contributed by atoms with van der Waals surface area (Å²) in [5, 5.41) is 11.9. The summed E-state index contributed by atoms with van der Waals surface area (Å²) in [7, 11) is 0. The van der Waals surface area contributed by atoms with Crippen LogP contribution in [0.4, 0.5) is 0 Å². The van der Waals surface area contributed by atoms with Crippen molar-refractivity contribution in [1.82, 2.24) is 10.2 Å². The molecule has 1 aliphatic heterocycles. The Bertz CT molecular complexity index is 786. The maximum atomic E-state index is 12.1. The Morgan fingerprint density at radius 3 is 2.26 bits per heavy atom. The van der Waals surface area contributed by atoms with E-state index in [1.54, 1.807) is 12.1 Å². The van der Waals surface area contributed by atoms with Crippen LogP contribution >= 0.6 is 0 Å². The minimum Gasteiger partial charge on any atom is -0.484 e. The smallest absolute Gasteiger partial charge is 0.258 e. The Balaban J connectivity index is 1.47. The lowest BCUT2D eigenvalue weighted by Gasteiger charge is -2.31. The molecule has 0 radical (unpaired) electrons. The van der Waals surface area contributed by atoms with Gasteiger partial charge in [-0.25, -0.2) is 0 Å². The number of rotatable bonds is 6. The molecule has 140 valence electrons. The first-order valence-corrected chi connectivity index (χ1v) is 9.43. The Morgan fingerprint density at radius 1 is 1.11 bits per heavy atom. The van der Waals surface area contributed by atoms with Crippen LogP contribution in [-0.2, 0) is 4.79 Å². The second-order valence-corrected chi connectivity index (χ2v) is 6.78. The number of nitrogens with one attached hydrogen (secondary N) is 1. The molecule has 3 rings (SSSR count). The van der Waals surface area contributed by atoms with Crippen LogP contribution in [0.25, 0.3) is 11.1 Å². The fourth-order valence-electron chi connectivity index (χ4n) is 3.29. The van der Waals surface area contributed by atoms with Crippen LogP contribution in [0.3, 0.4) is 0 Å². The Labute approximate surface area is 160 Å². The molecule has 0 bridgehead atoms. The van der Waals surface area contributed by atoms with Gasteiger partial charge in [0.15, 0.2) is 6.61 Å². The van der Waals surface area contributed by atoms with E-state index >= 15 is 0 Å². The van der Waals surface area contributed by atoms with Gasteiger partial charge < -0.3 is 15.0 Å². The highest BCUT2D eigenvalue weighted by molar-refractivity contribution is 5.77. The summed E-state index contributed by atoms with van der Waals surface area (Å²) in [4.78, 5) is 14.5. The van der Waals surface area contributed by atoms with Crippen molar-refractivity contribution in [2.45, 2.75) is 25.8 Å². The topological polar surface area (TPSA) is 65.4 Å². The van der Waals surface area contributed by atoms with E-state index in [-0.39, 0.29) is 18.6 Å². The summed E-state index contributed by atoms with van der Waals surface area (Å²) >= 11 is 0. The zero-order valence-corrected chi connectivity index (χ0v) is 15.6. The largest absolute Gasteiger partial charge is 0.484 e. The molecule has 1 N–H and O–H groups in total. The van der Waals surface area contributed by atoms with Crippen molar-refractivity contribution in [3.63, 3.8) is 0 Å². The molecule has 2 aromatic carbocycles. The molecule has 1 amide bonds. The summed E-state index contributed by atoms with van der Waals surface area (Å²) in [5.74, 6) is 0.601. The van der Waals surface area contributed by atoms with Crippen molar-refractivity contribution in [1.29, 1.82) is 5.26 Å². The van der Waals surface area contributed by atoms with E-state index in [1.807, 2.05) is 36.4 Å². The van der Waals surface area contributed by atoms with E-state index in [0.717, 1.165) is 43.6 Å². The maximum Gasteiger partial charge on any atom is 0.258 e. The average Bonchev–Trinajstić information content (AvgIpc) is 2.73. The van der Waals surface area contributed by atoms with Crippen molar-refractivity contribution >= 4 is 5.91 Å². The second kappa shape index (κ2) is 9.20. The number of nitrogens with zero attached hydrogens (tertiary/aromatic N) is 2. The highest BCUT2D eigenvalue weighted by atomic mass is 16.5. The number of nitriles is 1. The fraction of sp³-hybridized carbons (Fsp3) is 0.364. The van der Waals surface area contributed by atoms with Crippen LogP contribution in [0.5, 0.6) is 5.75 Å². The van der Waals surface area contributed by atoms with Crippen molar-refractivity contribution in [3.8, 4) is 22.9 Å². The molecule has 1 heterocycles. The zero-order valence-electron chi connectivity index (χ0n) is 15.6. The number of piperidine rings is 1. The monoisotopic (exact) mass is 363 g/mol. The third-order valence-electron chi connectivity index (χ3n) is 4.97. The van der Waals surface area contributed by atoms with Gasteiger partial charge in [-0.15, -0.1) is 0 Å². The van der Waals surface area contributed by atoms with E-state index in [9.17, 15) is 4.79 Å². The number of hydrogen-bond donors (Lipinski definition) is 1. The molecule has 0 aliphatic carbocycles. The van der Waals surface area contributed by atoms with E-state index < -0.39 is 0 Å². The summed E-state index contributed by atoms with van der Waals surface area (Å²) in [6.07, 6.45) is 2.00. The SMILES string of the molecule is CCN1CCC(NC(=O)COc2ccc(-c3ccc(C#N)cc3)cc2)CC1. The van der Waals surface area contributed by atoms with E-state index in [1.165, 1.54) is 0 Å². The molecule has 27 heavy (non-hydrogen) atoms. The standard InChI is InChI=1S/C22H25N3O2/c1-2-25-13-11-20(12-14-25)24-22(26)16-27-21-9-7-19(8-10-21)18-5-3-17(15-23)4-6-18/h3-10,20H,2,11-14,16H2,1H3,(H,24,26). The normalized spacial score (nSPS) is 15.1. The molecule has 0 spiro atoms. The molecule has 0 atom stereocenters. The molecular formula is C22H25N3O2. The van der Waals surface area contributed by atoms with E-state index in [0.29, 0.717) is 11.3 Å². The second-order valence-electron chi connectivity index (χ2n) is 6.78. The van der Waals surface area contributed by atoms with Gasteiger partial charge in [0.25, 0.3) is 5.91 Å². The molecule has 1 fully saturated rings. The highest BCUT2D eigenvalue weighted by Crippen LogP contribution is 2.22. The summed E-state index contributed by atoms with van der Waals surface area (Å²) in [5.41, 5.74) is 2.72. The average molecular weight is 363 g/mol. The van der Waals surface area contributed by atoms with Crippen molar-refractivity contribution < 1.29 is 9.53 Å². The van der Waals surface area contributed by atoms with E-state index in [4.69, 9.17) is 10.00 Å². The number of ether oxygens (including phenoxy) is 1. The van der Waals surface area contributed by atoms with Crippen LogP contribution in [0.2, 0.25) is 0 Å². The zero-order chi connectivity index (χ0) is 19.1. The quantitative estimate of drug-likeness (QED) is 0.856. The molecule has 2 aromatic rings. The Kier molecular flexibility index (Phi) is 6.45. The van der Waals surface area contributed by atoms with Crippen molar-refractivity contribution in [2.24, 2.45) is 0 Å². The first-order valence-electron chi connectivity index (χ1n) is 9.43. The molecule has 5 nitrogen and oxygen atoms in total. The number of carbonyl (C=O) groups is 1. The van der Waals surface area contributed by atoms with Gasteiger partial charge in [0, 0.05) is 19.1 Å². The van der Waals surface area contributed by atoms with Gasteiger partial charge in [0.2, 0.25) is 0 Å². The van der Waals surface area contributed by atoms with Gasteiger partial charge in [-0.2, -0.15) is 5.26 Å². The number of amides is 1. The number of likely N-dealkylation sites (tertiary alicyclic amines) is 1. The lowest BCUT2D eigenvalue weighted by Crippen LogP contribution is -2.45. The molecule has 1 aliphatic rings. The van der Waals surface area contributed by atoms with Crippen LogP contribution in [-0.4, -0.2) is 43.1 Å². The first kappa shape index (κ1) is 18.9. The number of carbonyl (C=O) groups excluding carboxylic acids is 1. The molecule has 5 heteroatoms. The van der Waals surface area contributed by atoms with Crippen LogP contribution in [0, 0.1) is 11.3 Å². The fourth-order valence-corrected chi connectivity index (χ4v) is 3.29. The predicted octanol–water partition coefficient (Wildman–Crippen LogP) is 3.20. The number of hydrogen-bond acceptors (Lipinski definition) is 4. The maximum absolute atomic E-state index is 12.1. The lowest BCUT2D eigenvalue weighted by molar-refractivity contribution is -0.124. The Morgan fingerprint density at radius 2 is 1.70 bits per heavy atom. The van der Waals surface area contributed by atoms with Crippen molar-refractivity contribution in [2.75, 3.05) is 26.2 Å².